The van der Waals surface area contributed by atoms with E-state index in [1.807, 2.05) is 31.3 Å². The molecule has 0 spiro atoms. The van der Waals surface area contributed by atoms with Crippen LogP contribution in [0.3, 0.4) is 0 Å². The van der Waals surface area contributed by atoms with Crippen LogP contribution in [0.5, 0.6) is 11.5 Å². The van der Waals surface area contributed by atoms with Crippen LogP contribution >= 0.6 is 0 Å². The van der Waals surface area contributed by atoms with E-state index in [-0.39, 0.29) is 6.04 Å². The normalized spacial score (nSPS) is 12.0. The molecule has 3 nitrogen and oxygen atoms in total. The van der Waals surface area contributed by atoms with Crippen molar-refractivity contribution in [2.75, 3.05) is 20.8 Å². The summed E-state index contributed by atoms with van der Waals surface area (Å²) < 4.78 is 11.0. The van der Waals surface area contributed by atoms with Gasteiger partial charge in [-0.05, 0) is 56.3 Å². The topological polar surface area (TPSA) is 30.5 Å². The number of hydrogen-bond acceptors (Lipinski definition) is 3. The minimum Gasteiger partial charge on any atom is -0.497 e. The van der Waals surface area contributed by atoms with Crippen LogP contribution in [0.2, 0.25) is 0 Å². The lowest BCUT2D eigenvalue weighted by atomic mass is 9.99. The Morgan fingerprint density at radius 1 is 1.00 bits per heavy atom. The first-order chi connectivity index (χ1) is 10.1. The third-order valence-electron chi connectivity index (χ3n) is 3.63. The van der Waals surface area contributed by atoms with Gasteiger partial charge in [0.1, 0.15) is 18.1 Å². The first-order valence-electron chi connectivity index (χ1n) is 7.15. The van der Waals surface area contributed by atoms with Gasteiger partial charge in [0, 0.05) is 0 Å². The van der Waals surface area contributed by atoms with E-state index in [0.717, 1.165) is 11.5 Å². The Morgan fingerprint density at radius 3 is 2.29 bits per heavy atom. The molecule has 0 aliphatic rings. The molecule has 2 aromatic rings. The minimum atomic E-state index is 0.173. The highest BCUT2D eigenvalue weighted by atomic mass is 16.5. The van der Waals surface area contributed by atoms with Crippen LogP contribution in [0.25, 0.3) is 0 Å². The van der Waals surface area contributed by atoms with E-state index < -0.39 is 0 Å². The predicted molar refractivity (Wildman–Crippen MR) is 86.2 cm³/mol. The van der Waals surface area contributed by atoms with Gasteiger partial charge in [0.2, 0.25) is 0 Å². The van der Waals surface area contributed by atoms with Gasteiger partial charge in [-0.15, -0.1) is 0 Å². The molecular weight excluding hydrogens is 262 g/mol. The van der Waals surface area contributed by atoms with Crippen molar-refractivity contribution in [3.05, 3.63) is 59.2 Å². The van der Waals surface area contributed by atoms with E-state index in [1.165, 1.54) is 16.7 Å². The lowest BCUT2D eigenvalue weighted by Gasteiger charge is -2.20. The molecule has 0 aliphatic heterocycles. The summed E-state index contributed by atoms with van der Waals surface area (Å²) in [6.07, 6.45) is 0. The lowest BCUT2D eigenvalue weighted by molar-refractivity contribution is 0.272. The Bertz CT molecular complexity index is 578. The third-order valence-corrected chi connectivity index (χ3v) is 3.63. The van der Waals surface area contributed by atoms with Crippen LogP contribution in [0.15, 0.2) is 42.5 Å². The van der Waals surface area contributed by atoms with Crippen molar-refractivity contribution in [2.45, 2.75) is 19.9 Å². The number of benzene rings is 2. The number of hydrogen-bond donors (Lipinski definition) is 1. The number of ether oxygens (including phenoxy) is 2. The molecule has 112 valence electrons. The van der Waals surface area contributed by atoms with Gasteiger partial charge in [-0.3, -0.25) is 0 Å². The van der Waals surface area contributed by atoms with Gasteiger partial charge in [0.05, 0.1) is 13.2 Å². The van der Waals surface area contributed by atoms with Gasteiger partial charge in [0.15, 0.2) is 0 Å². The van der Waals surface area contributed by atoms with Crippen molar-refractivity contribution in [1.29, 1.82) is 0 Å². The summed E-state index contributed by atoms with van der Waals surface area (Å²) in [4.78, 5) is 0. The summed E-state index contributed by atoms with van der Waals surface area (Å²) in [6, 6.07) is 14.3. The Kier molecular flexibility index (Phi) is 5.23. The van der Waals surface area contributed by atoms with Crippen molar-refractivity contribution in [3.8, 4) is 11.5 Å². The zero-order valence-corrected chi connectivity index (χ0v) is 13.1. The first-order valence-corrected chi connectivity index (χ1v) is 7.15. The second-order valence-corrected chi connectivity index (χ2v) is 5.19. The second-order valence-electron chi connectivity index (χ2n) is 5.19. The molecule has 0 saturated carbocycles. The van der Waals surface area contributed by atoms with E-state index in [0.29, 0.717) is 6.61 Å². The number of aryl methyl sites for hydroxylation is 2. The molecule has 2 rings (SSSR count). The standard InChI is InChI=1S/C18H23NO2/c1-13-5-6-14(2)17(11-13)18(19-3)12-21-16-9-7-15(20-4)8-10-16/h5-11,18-19H,12H2,1-4H3. The minimum absolute atomic E-state index is 0.173. The Labute approximate surface area is 126 Å². The summed E-state index contributed by atoms with van der Waals surface area (Å²) >= 11 is 0. The molecule has 0 radical (unpaired) electrons. The van der Waals surface area contributed by atoms with Crippen LogP contribution in [0, 0.1) is 13.8 Å². The maximum atomic E-state index is 5.89. The van der Waals surface area contributed by atoms with Gasteiger partial charge in [0.25, 0.3) is 0 Å². The fourth-order valence-electron chi connectivity index (χ4n) is 2.32. The molecule has 21 heavy (non-hydrogen) atoms. The number of methoxy groups -OCH3 is 1. The van der Waals surface area contributed by atoms with Crippen molar-refractivity contribution in [3.63, 3.8) is 0 Å². The van der Waals surface area contributed by atoms with Crippen LogP contribution < -0.4 is 14.8 Å². The Balaban J connectivity index is 2.06. The van der Waals surface area contributed by atoms with E-state index >= 15 is 0 Å². The smallest absolute Gasteiger partial charge is 0.119 e. The largest absolute Gasteiger partial charge is 0.497 e. The summed E-state index contributed by atoms with van der Waals surface area (Å²) in [7, 11) is 3.62. The molecule has 0 aromatic heterocycles. The molecule has 2 aromatic carbocycles. The molecule has 1 atom stereocenters. The molecule has 0 fully saturated rings. The summed E-state index contributed by atoms with van der Waals surface area (Å²) in [6.45, 7) is 4.83. The first kappa shape index (κ1) is 15.4. The number of likely N-dealkylation sites (N-methyl/N-ethyl adjacent to an activating group) is 1. The van der Waals surface area contributed by atoms with Crippen LogP contribution in [0.1, 0.15) is 22.7 Å². The average molecular weight is 285 g/mol. The SMILES string of the molecule is CNC(COc1ccc(OC)cc1)c1cc(C)ccc1C. The highest BCUT2D eigenvalue weighted by Crippen LogP contribution is 2.22. The van der Waals surface area contributed by atoms with Gasteiger partial charge in [-0.1, -0.05) is 23.8 Å². The molecule has 0 saturated heterocycles. The molecule has 0 bridgehead atoms. The van der Waals surface area contributed by atoms with Crippen LogP contribution in [-0.4, -0.2) is 20.8 Å². The Morgan fingerprint density at radius 2 is 1.67 bits per heavy atom. The number of nitrogens with one attached hydrogen (secondary N) is 1. The highest BCUT2D eigenvalue weighted by Gasteiger charge is 2.13. The van der Waals surface area contributed by atoms with Gasteiger partial charge in [-0.25, -0.2) is 0 Å². The number of rotatable bonds is 6. The predicted octanol–water partition coefficient (Wildman–Crippen LogP) is 3.65. The lowest BCUT2D eigenvalue weighted by Crippen LogP contribution is -2.24. The zero-order chi connectivity index (χ0) is 15.2. The maximum Gasteiger partial charge on any atom is 0.119 e. The summed E-state index contributed by atoms with van der Waals surface area (Å²) in [5, 5.41) is 3.33. The van der Waals surface area contributed by atoms with Crippen LogP contribution in [-0.2, 0) is 0 Å². The molecule has 1 N–H and O–H groups in total. The summed E-state index contributed by atoms with van der Waals surface area (Å²) in [5.74, 6) is 1.68. The molecule has 1 unspecified atom stereocenters. The van der Waals surface area contributed by atoms with Crippen molar-refractivity contribution in [1.82, 2.24) is 5.32 Å². The Hall–Kier alpha value is -2.00. The average Bonchev–Trinajstić information content (AvgIpc) is 2.51. The van der Waals surface area contributed by atoms with Crippen molar-refractivity contribution in [2.24, 2.45) is 0 Å². The monoisotopic (exact) mass is 285 g/mol. The van der Waals surface area contributed by atoms with Gasteiger partial charge < -0.3 is 14.8 Å². The van der Waals surface area contributed by atoms with Gasteiger partial charge >= 0.3 is 0 Å². The van der Waals surface area contributed by atoms with Crippen molar-refractivity contribution >= 4 is 0 Å². The van der Waals surface area contributed by atoms with E-state index in [4.69, 9.17) is 9.47 Å². The summed E-state index contributed by atoms with van der Waals surface area (Å²) in [5.41, 5.74) is 3.82. The molecule has 0 heterocycles. The van der Waals surface area contributed by atoms with Crippen LogP contribution in [0.4, 0.5) is 0 Å². The maximum absolute atomic E-state index is 5.89. The van der Waals surface area contributed by atoms with E-state index in [9.17, 15) is 0 Å². The fraction of sp³-hybridized carbons (Fsp3) is 0.333. The quantitative estimate of drug-likeness (QED) is 0.878. The van der Waals surface area contributed by atoms with E-state index in [2.05, 4.69) is 37.4 Å². The zero-order valence-electron chi connectivity index (χ0n) is 13.1. The molecular formula is C18H23NO2. The molecule has 0 aliphatic carbocycles. The molecule has 0 amide bonds. The highest BCUT2D eigenvalue weighted by molar-refractivity contribution is 5.34. The van der Waals surface area contributed by atoms with Gasteiger partial charge in [-0.2, -0.15) is 0 Å². The molecule has 3 heteroatoms. The fourth-order valence-corrected chi connectivity index (χ4v) is 2.32. The van der Waals surface area contributed by atoms with E-state index in [1.54, 1.807) is 7.11 Å². The third kappa shape index (κ3) is 3.99. The second kappa shape index (κ2) is 7.14. The van der Waals surface area contributed by atoms with Crippen molar-refractivity contribution < 1.29 is 9.47 Å².